The number of anilines is 1. The number of rotatable bonds is 3. The standard InChI is InChI=1S/C20H21N3O2/c24-20(25-14-15-6-2-1-3-7-15)23-13-12-21-19(23)22-18-11-5-9-16-8-4-10-17(16)18/h1-3,5-7,9,11H,4,8,10,12-14H2,(H,21,22). The maximum Gasteiger partial charge on any atom is 0.417 e. The molecule has 0 saturated heterocycles. The number of ether oxygens (including phenoxy) is 1. The Balaban J connectivity index is 1.42. The number of aliphatic imine (C=N–C) groups is 1. The van der Waals surface area contributed by atoms with Crippen LogP contribution in [0.25, 0.3) is 0 Å². The molecule has 5 heteroatoms. The molecule has 1 N–H and O–H groups in total. The molecule has 2 aliphatic rings. The molecule has 2 aromatic rings. The fraction of sp³-hybridized carbons (Fsp3) is 0.300. The van der Waals surface area contributed by atoms with Gasteiger partial charge in [-0.1, -0.05) is 42.5 Å². The number of hydrogen-bond donors (Lipinski definition) is 1. The van der Waals surface area contributed by atoms with Crippen LogP contribution in [0, 0.1) is 0 Å². The Bertz CT molecular complexity index is 802. The predicted octanol–water partition coefficient (Wildman–Crippen LogP) is 3.60. The minimum absolute atomic E-state index is 0.268. The smallest absolute Gasteiger partial charge is 0.417 e. The molecule has 1 aliphatic heterocycles. The number of hydrogen-bond acceptors (Lipinski definition) is 4. The van der Waals surface area contributed by atoms with Crippen LogP contribution in [0.2, 0.25) is 0 Å². The summed E-state index contributed by atoms with van der Waals surface area (Å²) in [6, 6.07) is 16.0. The van der Waals surface area contributed by atoms with E-state index in [1.807, 2.05) is 30.3 Å². The Morgan fingerprint density at radius 3 is 2.88 bits per heavy atom. The molecule has 0 atom stereocenters. The van der Waals surface area contributed by atoms with Crippen LogP contribution in [0.15, 0.2) is 53.5 Å². The van der Waals surface area contributed by atoms with Crippen molar-refractivity contribution in [2.24, 2.45) is 4.99 Å². The Labute approximate surface area is 147 Å². The normalized spacial score (nSPS) is 15.7. The van der Waals surface area contributed by atoms with Crippen LogP contribution in [-0.2, 0) is 24.2 Å². The molecule has 0 spiro atoms. The molecule has 0 aromatic heterocycles. The van der Waals surface area contributed by atoms with E-state index in [2.05, 4.69) is 28.5 Å². The van der Waals surface area contributed by atoms with Crippen molar-refractivity contribution in [1.29, 1.82) is 0 Å². The minimum atomic E-state index is -0.361. The van der Waals surface area contributed by atoms with Gasteiger partial charge in [0.25, 0.3) is 0 Å². The van der Waals surface area contributed by atoms with Gasteiger partial charge in [0.15, 0.2) is 0 Å². The highest BCUT2D eigenvalue weighted by Gasteiger charge is 2.26. The first-order valence-corrected chi connectivity index (χ1v) is 8.72. The molecule has 1 heterocycles. The van der Waals surface area contributed by atoms with Crippen molar-refractivity contribution in [2.45, 2.75) is 25.9 Å². The van der Waals surface area contributed by atoms with Crippen molar-refractivity contribution in [3.05, 3.63) is 65.2 Å². The molecule has 1 amide bonds. The largest absolute Gasteiger partial charge is 0.444 e. The first-order chi connectivity index (χ1) is 12.3. The first-order valence-electron chi connectivity index (χ1n) is 8.72. The molecule has 5 nitrogen and oxygen atoms in total. The monoisotopic (exact) mass is 335 g/mol. The summed E-state index contributed by atoms with van der Waals surface area (Å²) in [5.41, 5.74) is 4.76. The van der Waals surface area contributed by atoms with Crippen molar-refractivity contribution in [2.75, 3.05) is 18.4 Å². The van der Waals surface area contributed by atoms with Gasteiger partial charge in [-0.25, -0.2) is 9.69 Å². The quantitative estimate of drug-likeness (QED) is 0.932. The fourth-order valence-electron chi connectivity index (χ4n) is 3.39. The van der Waals surface area contributed by atoms with Crippen LogP contribution < -0.4 is 5.32 Å². The van der Waals surface area contributed by atoms with Crippen molar-refractivity contribution in [3.63, 3.8) is 0 Å². The van der Waals surface area contributed by atoms with Crippen molar-refractivity contribution < 1.29 is 9.53 Å². The summed E-state index contributed by atoms with van der Waals surface area (Å²) in [4.78, 5) is 18.5. The van der Waals surface area contributed by atoms with Gasteiger partial charge in [0, 0.05) is 5.69 Å². The zero-order valence-corrected chi connectivity index (χ0v) is 14.1. The molecule has 0 unspecified atom stereocenters. The number of nitrogens with one attached hydrogen (secondary N) is 1. The molecule has 25 heavy (non-hydrogen) atoms. The number of nitrogens with zero attached hydrogens (tertiary/aromatic N) is 2. The van der Waals surface area contributed by atoms with Crippen LogP contribution in [0.5, 0.6) is 0 Å². The SMILES string of the molecule is O=C(OCc1ccccc1)N1CCN=C1Nc1cccc2c1CCC2. The third-order valence-electron chi connectivity index (χ3n) is 4.66. The van der Waals surface area contributed by atoms with E-state index in [0.717, 1.165) is 24.1 Å². The van der Waals surface area contributed by atoms with E-state index < -0.39 is 0 Å². The van der Waals surface area contributed by atoms with Crippen molar-refractivity contribution in [3.8, 4) is 0 Å². The topological polar surface area (TPSA) is 53.9 Å². The fourth-order valence-corrected chi connectivity index (χ4v) is 3.39. The summed E-state index contributed by atoms with van der Waals surface area (Å²) < 4.78 is 5.44. The number of carbonyl (C=O) groups excluding carboxylic acids is 1. The van der Waals surface area contributed by atoms with Gasteiger partial charge in [-0.2, -0.15) is 0 Å². The van der Waals surface area contributed by atoms with E-state index >= 15 is 0 Å². The number of aryl methyl sites for hydroxylation is 1. The minimum Gasteiger partial charge on any atom is -0.444 e. The lowest BCUT2D eigenvalue weighted by molar-refractivity contribution is 0.118. The summed E-state index contributed by atoms with van der Waals surface area (Å²) in [5.74, 6) is 0.582. The van der Waals surface area contributed by atoms with Gasteiger partial charge >= 0.3 is 6.09 Å². The molecule has 4 rings (SSSR count). The summed E-state index contributed by atoms with van der Waals surface area (Å²) in [6.45, 7) is 1.41. The third kappa shape index (κ3) is 3.36. The Hall–Kier alpha value is -2.82. The van der Waals surface area contributed by atoms with Crippen molar-refractivity contribution in [1.82, 2.24) is 4.90 Å². The van der Waals surface area contributed by atoms with Gasteiger partial charge in [0.05, 0.1) is 13.1 Å². The lowest BCUT2D eigenvalue weighted by Gasteiger charge is -2.20. The van der Waals surface area contributed by atoms with Crippen LogP contribution in [0.4, 0.5) is 10.5 Å². The number of benzene rings is 2. The average Bonchev–Trinajstić information content (AvgIpc) is 3.30. The summed E-state index contributed by atoms with van der Waals surface area (Å²) >= 11 is 0. The second-order valence-corrected chi connectivity index (χ2v) is 6.32. The van der Waals surface area contributed by atoms with Gasteiger partial charge in [-0.15, -0.1) is 0 Å². The van der Waals surface area contributed by atoms with Crippen LogP contribution in [0.3, 0.4) is 0 Å². The van der Waals surface area contributed by atoms with Crippen LogP contribution >= 0.6 is 0 Å². The molecule has 0 radical (unpaired) electrons. The van der Waals surface area contributed by atoms with Gasteiger partial charge in [-0.05, 0) is 42.0 Å². The highest BCUT2D eigenvalue weighted by Crippen LogP contribution is 2.29. The molecule has 0 bridgehead atoms. The van der Waals surface area contributed by atoms with Crippen LogP contribution in [0.1, 0.15) is 23.1 Å². The molecule has 0 saturated carbocycles. The Morgan fingerprint density at radius 1 is 1.12 bits per heavy atom. The molecule has 0 fully saturated rings. The second kappa shape index (κ2) is 6.97. The summed E-state index contributed by atoms with van der Waals surface area (Å²) in [5, 5.41) is 3.35. The number of carbonyl (C=O) groups is 1. The van der Waals surface area contributed by atoms with Gasteiger partial charge < -0.3 is 10.1 Å². The van der Waals surface area contributed by atoms with E-state index in [4.69, 9.17) is 4.74 Å². The van der Waals surface area contributed by atoms with E-state index in [9.17, 15) is 4.79 Å². The highest BCUT2D eigenvalue weighted by molar-refractivity contribution is 6.03. The van der Waals surface area contributed by atoms with E-state index in [-0.39, 0.29) is 12.7 Å². The Kier molecular flexibility index (Phi) is 4.37. The van der Waals surface area contributed by atoms with Gasteiger partial charge in [0.2, 0.25) is 5.96 Å². The maximum atomic E-state index is 12.4. The van der Waals surface area contributed by atoms with E-state index in [0.29, 0.717) is 19.0 Å². The lowest BCUT2D eigenvalue weighted by Crippen LogP contribution is -2.38. The third-order valence-corrected chi connectivity index (χ3v) is 4.66. The number of guanidine groups is 1. The molecule has 128 valence electrons. The zero-order valence-electron chi connectivity index (χ0n) is 14.1. The zero-order chi connectivity index (χ0) is 17.1. The van der Waals surface area contributed by atoms with Gasteiger partial charge in [0.1, 0.15) is 6.61 Å². The second-order valence-electron chi connectivity index (χ2n) is 6.32. The lowest BCUT2D eigenvalue weighted by atomic mass is 10.1. The first kappa shape index (κ1) is 15.7. The molecule has 2 aromatic carbocycles. The van der Waals surface area contributed by atoms with Crippen LogP contribution in [-0.4, -0.2) is 30.0 Å². The maximum absolute atomic E-state index is 12.4. The van der Waals surface area contributed by atoms with E-state index in [1.54, 1.807) is 4.90 Å². The van der Waals surface area contributed by atoms with Gasteiger partial charge in [-0.3, -0.25) is 4.99 Å². The highest BCUT2D eigenvalue weighted by atomic mass is 16.6. The van der Waals surface area contributed by atoms with Crippen molar-refractivity contribution >= 4 is 17.7 Å². The summed E-state index contributed by atoms with van der Waals surface area (Å²) in [6.07, 6.45) is 3.02. The average molecular weight is 335 g/mol. The number of fused-ring (bicyclic) bond motifs is 1. The summed E-state index contributed by atoms with van der Waals surface area (Å²) in [7, 11) is 0. The number of amides is 1. The molecule has 1 aliphatic carbocycles. The van der Waals surface area contributed by atoms with E-state index in [1.165, 1.54) is 17.5 Å². The molecular weight excluding hydrogens is 314 g/mol. The predicted molar refractivity (Wildman–Crippen MR) is 97.7 cm³/mol. The molecular formula is C20H21N3O2. The Morgan fingerprint density at radius 2 is 2.00 bits per heavy atom.